The van der Waals surface area contributed by atoms with Crippen LogP contribution in [0.5, 0.6) is 5.75 Å². The van der Waals surface area contributed by atoms with Crippen LogP contribution in [0.2, 0.25) is 0 Å². The predicted molar refractivity (Wildman–Crippen MR) is 84.3 cm³/mol. The quantitative estimate of drug-likeness (QED) is 0.876. The van der Waals surface area contributed by atoms with E-state index < -0.39 is 0 Å². The van der Waals surface area contributed by atoms with Gasteiger partial charge in [-0.25, -0.2) is 4.39 Å². The molecule has 0 aliphatic carbocycles. The molecule has 0 saturated carbocycles. The zero-order valence-corrected chi connectivity index (χ0v) is 13.2. The van der Waals surface area contributed by atoms with Crippen LogP contribution in [0.15, 0.2) is 18.2 Å². The minimum absolute atomic E-state index is 0.238. The number of rotatable bonds is 5. The average molecular weight is 295 g/mol. The molecule has 1 aromatic carbocycles. The Morgan fingerprint density at radius 1 is 1.38 bits per heavy atom. The van der Waals surface area contributed by atoms with Gasteiger partial charge in [0.2, 0.25) is 0 Å². The molecule has 1 aliphatic rings. The summed E-state index contributed by atoms with van der Waals surface area (Å²) in [6.07, 6.45) is 1.83. The number of nitrogens with zero attached hydrogens (tertiary/aromatic N) is 1. The Hall–Kier alpha value is -1.33. The highest BCUT2D eigenvalue weighted by molar-refractivity contribution is 5.51. The zero-order valence-electron chi connectivity index (χ0n) is 13.2. The van der Waals surface area contributed by atoms with Crippen molar-refractivity contribution < 1.29 is 9.13 Å². The molecule has 118 valence electrons. The summed E-state index contributed by atoms with van der Waals surface area (Å²) >= 11 is 0. The third kappa shape index (κ3) is 3.66. The molecule has 21 heavy (non-hydrogen) atoms. The molecule has 0 unspecified atom stereocenters. The van der Waals surface area contributed by atoms with Gasteiger partial charge in [-0.15, -0.1) is 0 Å². The van der Waals surface area contributed by atoms with Crippen LogP contribution in [-0.4, -0.2) is 43.2 Å². The van der Waals surface area contributed by atoms with Crippen LogP contribution < -0.4 is 15.8 Å². The average Bonchev–Trinajstić information content (AvgIpc) is 2.50. The Kier molecular flexibility index (Phi) is 5.06. The second kappa shape index (κ2) is 6.62. The van der Waals surface area contributed by atoms with Crippen LogP contribution in [-0.2, 0) is 0 Å². The first kappa shape index (κ1) is 16.0. The lowest BCUT2D eigenvalue weighted by Gasteiger charge is -2.43. The monoisotopic (exact) mass is 295 g/mol. The third-order valence-corrected chi connectivity index (χ3v) is 4.45. The fourth-order valence-electron chi connectivity index (χ4n) is 2.86. The van der Waals surface area contributed by atoms with Gasteiger partial charge in [-0.3, -0.25) is 0 Å². The summed E-state index contributed by atoms with van der Waals surface area (Å²) in [5.74, 6) is 0.376. The standard InChI is InChI=1S/C16H26FN3O/c1-12(2)20-8-6-16(11-18,7-9-20)19-15-10-13(21-3)4-5-14(15)17/h4-5,10,12,19H,6-9,11,18H2,1-3H3. The number of hydrogen-bond acceptors (Lipinski definition) is 4. The van der Waals surface area contributed by atoms with E-state index in [-0.39, 0.29) is 11.4 Å². The summed E-state index contributed by atoms with van der Waals surface area (Å²) in [5.41, 5.74) is 6.23. The van der Waals surface area contributed by atoms with Gasteiger partial charge in [-0.05, 0) is 38.8 Å². The number of piperidine rings is 1. The Labute approximate surface area is 126 Å². The molecule has 0 atom stereocenters. The molecular formula is C16H26FN3O. The molecule has 4 nitrogen and oxygen atoms in total. The highest BCUT2D eigenvalue weighted by Crippen LogP contribution is 2.30. The number of ether oxygens (including phenoxy) is 1. The first-order valence-corrected chi connectivity index (χ1v) is 7.55. The van der Waals surface area contributed by atoms with Gasteiger partial charge in [0.25, 0.3) is 0 Å². The minimum atomic E-state index is -0.269. The first-order valence-electron chi connectivity index (χ1n) is 7.55. The van der Waals surface area contributed by atoms with Crippen LogP contribution in [0.3, 0.4) is 0 Å². The molecule has 2 rings (SSSR count). The van der Waals surface area contributed by atoms with E-state index in [1.807, 2.05) is 0 Å². The fourth-order valence-corrected chi connectivity index (χ4v) is 2.86. The highest BCUT2D eigenvalue weighted by atomic mass is 19.1. The van der Waals surface area contributed by atoms with Crippen LogP contribution in [0.1, 0.15) is 26.7 Å². The van der Waals surface area contributed by atoms with Gasteiger partial charge in [0.05, 0.1) is 18.3 Å². The van der Waals surface area contributed by atoms with E-state index in [2.05, 4.69) is 24.1 Å². The van der Waals surface area contributed by atoms with Gasteiger partial charge >= 0.3 is 0 Å². The predicted octanol–water partition coefficient (Wildman–Crippen LogP) is 2.45. The van der Waals surface area contributed by atoms with Crippen molar-refractivity contribution in [3.05, 3.63) is 24.0 Å². The maximum atomic E-state index is 14.0. The smallest absolute Gasteiger partial charge is 0.146 e. The summed E-state index contributed by atoms with van der Waals surface area (Å²) in [6, 6.07) is 5.28. The SMILES string of the molecule is COc1ccc(F)c(NC2(CN)CCN(C(C)C)CC2)c1. The van der Waals surface area contributed by atoms with Crippen molar-refractivity contribution in [2.75, 3.05) is 32.1 Å². The number of hydrogen-bond donors (Lipinski definition) is 2. The largest absolute Gasteiger partial charge is 0.497 e. The maximum absolute atomic E-state index is 14.0. The van der Waals surface area contributed by atoms with E-state index >= 15 is 0 Å². The van der Waals surface area contributed by atoms with Crippen LogP contribution in [0.4, 0.5) is 10.1 Å². The number of halogens is 1. The van der Waals surface area contributed by atoms with E-state index in [0.29, 0.717) is 24.0 Å². The fraction of sp³-hybridized carbons (Fsp3) is 0.625. The molecular weight excluding hydrogens is 269 g/mol. The molecule has 0 amide bonds. The van der Waals surface area contributed by atoms with Crippen LogP contribution >= 0.6 is 0 Å². The Balaban J connectivity index is 2.13. The van der Waals surface area contributed by atoms with Crippen molar-refractivity contribution in [1.82, 2.24) is 4.90 Å². The number of nitrogens with two attached hydrogens (primary N) is 1. The second-order valence-corrected chi connectivity index (χ2v) is 6.08. The van der Waals surface area contributed by atoms with Crippen LogP contribution in [0, 0.1) is 5.82 Å². The summed E-state index contributed by atoms with van der Waals surface area (Å²) in [6.45, 7) is 6.85. The first-order chi connectivity index (χ1) is 9.99. The molecule has 0 radical (unpaired) electrons. The molecule has 1 aliphatic heterocycles. The second-order valence-electron chi connectivity index (χ2n) is 6.08. The van der Waals surface area contributed by atoms with Crippen molar-refractivity contribution in [3.8, 4) is 5.75 Å². The Bertz CT molecular complexity index is 471. The van der Waals surface area contributed by atoms with Crippen molar-refractivity contribution in [2.45, 2.75) is 38.3 Å². The lowest BCUT2D eigenvalue weighted by molar-refractivity contribution is 0.143. The van der Waals surface area contributed by atoms with Crippen molar-refractivity contribution in [3.63, 3.8) is 0 Å². The molecule has 3 N–H and O–H groups in total. The maximum Gasteiger partial charge on any atom is 0.146 e. The summed E-state index contributed by atoms with van der Waals surface area (Å²) in [4.78, 5) is 2.43. The number of methoxy groups -OCH3 is 1. The normalized spacial score (nSPS) is 18.8. The Morgan fingerprint density at radius 3 is 2.57 bits per heavy atom. The molecule has 1 saturated heterocycles. The highest BCUT2D eigenvalue weighted by Gasteiger charge is 2.34. The van der Waals surface area contributed by atoms with Gasteiger partial charge in [-0.1, -0.05) is 0 Å². The molecule has 1 heterocycles. The van der Waals surface area contributed by atoms with Crippen LogP contribution in [0.25, 0.3) is 0 Å². The number of nitrogens with one attached hydrogen (secondary N) is 1. The molecule has 0 aromatic heterocycles. The third-order valence-electron chi connectivity index (χ3n) is 4.45. The summed E-state index contributed by atoms with van der Waals surface area (Å²) in [5, 5.41) is 3.34. The lowest BCUT2D eigenvalue weighted by atomic mass is 9.86. The van der Waals surface area contributed by atoms with Crippen molar-refractivity contribution in [1.29, 1.82) is 0 Å². The van der Waals surface area contributed by atoms with Gasteiger partial charge < -0.3 is 20.7 Å². The van der Waals surface area contributed by atoms with Crippen molar-refractivity contribution >= 4 is 5.69 Å². The number of benzene rings is 1. The zero-order chi connectivity index (χ0) is 15.5. The van der Waals surface area contributed by atoms with Gasteiger partial charge in [0.1, 0.15) is 11.6 Å². The van der Waals surface area contributed by atoms with E-state index in [1.165, 1.54) is 6.07 Å². The number of anilines is 1. The molecule has 0 spiro atoms. The van der Waals surface area contributed by atoms with Gasteiger partial charge in [0, 0.05) is 31.7 Å². The molecule has 1 aromatic rings. The van der Waals surface area contributed by atoms with Crippen molar-refractivity contribution in [2.24, 2.45) is 5.73 Å². The van der Waals surface area contributed by atoms with E-state index in [0.717, 1.165) is 25.9 Å². The summed E-state index contributed by atoms with van der Waals surface area (Å²) in [7, 11) is 1.58. The topological polar surface area (TPSA) is 50.5 Å². The lowest BCUT2D eigenvalue weighted by Crippen LogP contribution is -2.54. The minimum Gasteiger partial charge on any atom is -0.497 e. The van der Waals surface area contributed by atoms with Gasteiger partial charge in [-0.2, -0.15) is 0 Å². The number of likely N-dealkylation sites (tertiary alicyclic amines) is 1. The molecule has 5 heteroatoms. The summed E-state index contributed by atoms with van der Waals surface area (Å²) < 4.78 is 19.2. The van der Waals surface area contributed by atoms with E-state index in [4.69, 9.17) is 10.5 Å². The van der Waals surface area contributed by atoms with E-state index in [9.17, 15) is 4.39 Å². The van der Waals surface area contributed by atoms with E-state index in [1.54, 1.807) is 19.2 Å². The molecule has 1 fully saturated rings. The van der Waals surface area contributed by atoms with Gasteiger partial charge in [0.15, 0.2) is 0 Å². The molecule has 0 bridgehead atoms. The Morgan fingerprint density at radius 2 is 2.05 bits per heavy atom.